The number of anilines is 1. The van der Waals surface area contributed by atoms with Crippen molar-refractivity contribution in [1.29, 1.82) is 0 Å². The number of furan rings is 1. The molecule has 0 aliphatic carbocycles. The van der Waals surface area contributed by atoms with Crippen LogP contribution in [0.25, 0.3) is 0 Å². The van der Waals surface area contributed by atoms with Crippen molar-refractivity contribution in [3.63, 3.8) is 0 Å². The van der Waals surface area contributed by atoms with E-state index in [1.54, 1.807) is 19.9 Å². The Morgan fingerprint density at radius 2 is 1.79 bits per heavy atom. The summed E-state index contributed by atoms with van der Waals surface area (Å²) in [4.78, 5) is 37.1. The van der Waals surface area contributed by atoms with E-state index in [9.17, 15) is 14.4 Å². The van der Waals surface area contributed by atoms with Crippen molar-refractivity contribution in [3.8, 4) is 0 Å². The Hall–Kier alpha value is -3.09. The Balaban J connectivity index is 2.00. The molecule has 28 heavy (non-hydrogen) atoms. The number of nitrogens with one attached hydrogen (secondary N) is 2. The maximum Gasteiger partial charge on any atom is 0.329 e. The highest BCUT2D eigenvalue weighted by molar-refractivity contribution is 5.97. The van der Waals surface area contributed by atoms with Crippen LogP contribution in [0.5, 0.6) is 0 Å². The predicted molar refractivity (Wildman–Crippen MR) is 105 cm³/mol. The molecule has 0 saturated heterocycles. The van der Waals surface area contributed by atoms with Crippen LogP contribution in [-0.4, -0.2) is 29.9 Å². The van der Waals surface area contributed by atoms with Crippen molar-refractivity contribution in [2.75, 3.05) is 5.32 Å². The highest BCUT2D eigenvalue weighted by atomic mass is 16.5. The summed E-state index contributed by atoms with van der Waals surface area (Å²) in [7, 11) is 0. The number of ether oxygens (including phenoxy) is 1. The van der Waals surface area contributed by atoms with Gasteiger partial charge in [0, 0.05) is 5.69 Å². The Morgan fingerprint density at radius 1 is 1.07 bits per heavy atom. The van der Waals surface area contributed by atoms with E-state index in [4.69, 9.17) is 9.15 Å². The molecule has 0 radical (unpaired) electrons. The van der Waals surface area contributed by atoms with E-state index < -0.39 is 29.9 Å². The summed E-state index contributed by atoms with van der Waals surface area (Å²) in [6, 6.07) is 7.87. The lowest BCUT2D eigenvalue weighted by atomic mass is 10.0. The first-order valence-corrected chi connectivity index (χ1v) is 9.12. The fourth-order valence-corrected chi connectivity index (χ4v) is 2.52. The van der Waals surface area contributed by atoms with Crippen LogP contribution in [0.3, 0.4) is 0 Å². The highest BCUT2D eigenvalue weighted by Crippen LogP contribution is 2.17. The molecule has 0 unspecified atom stereocenters. The summed E-state index contributed by atoms with van der Waals surface area (Å²) in [6.07, 6.45) is 0.353. The van der Waals surface area contributed by atoms with Crippen molar-refractivity contribution >= 4 is 23.5 Å². The zero-order chi connectivity index (χ0) is 20.8. The molecule has 0 spiro atoms. The molecule has 0 fully saturated rings. The van der Waals surface area contributed by atoms with Gasteiger partial charge in [-0.15, -0.1) is 0 Å². The number of amides is 2. The minimum Gasteiger partial charge on any atom is -0.459 e. The molecule has 2 rings (SSSR count). The van der Waals surface area contributed by atoms with Crippen molar-refractivity contribution in [3.05, 3.63) is 53.5 Å². The van der Waals surface area contributed by atoms with Gasteiger partial charge < -0.3 is 19.8 Å². The van der Waals surface area contributed by atoms with Gasteiger partial charge in [-0.2, -0.15) is 0 Å². The molecule has 2 amide bonds. The smallest absolute Gasteiger partial charge is 0.329 e. The lowest BCUT2D eigenvalue weighted by molar-refractivity contribution is -0.156. The van der Waals surface area contributed by atoms with Crippen LogP contribution in [0.1, 0.15) is 42.5 Å². The minimum atomic E-state index is -1.02. The minimum absolute atomic E-state index is 0.0964. The molecule has 1 heterocycles. The van der Waals surface area contributed by atoms with Crippen LogP contribution >= 0.6 is 0 Å². The summed E-state index contributed by atoms with van der Waals surface area (Å²) in [5, 5.41) is 5.36. The number of carbonyl (C=O) groups excluding carboxylic acids is 3. The Labute approximate surface area is 164 Å². The first-order valence-electron chi connectivity index (χ1n) is 9.12. The van der Waals surface area contributed by atoms with E-state index in [0.717, 1.165) is 11.1 Å². The first kappa shape index (κ1) is 21.2. The second-order valence-corrected chi connectivity index (χ2v) is 7.06. The molecule has 0 saturated carbocycles. The molecular weight excluding hydrogens is 360 g/mol. The van der Waals surface area contributed by atoms with Gasteiger partial charge in [-0.05, 0) is 56.0 Å². The van der Waals surface area contributed by atoms with Crippen LogP contribution in [0.2, 0.25) is 0 Å². The standard InChI is InChI=1S/C21H26N2O5/c1-12(2)18(23-20(25)17-7-6-10-27-17)21(26)28-15(5)19(24)22-16-11-13(3)8-9-14(16)4/h6-12,15,18H,1-5H3,(H,22,24)(H,23,25)/t15-,18+/m1/s1. The molecule has 0 bridgehead atoms. The lowest BCUT2D eigenvalue weighted by Gasteiger charge is -2.22. The lowest BCUT2D eigenvalue weighted by Crippen LogP contribution is -2.47. The maximum atomic E-state index is 12.5. The number of hydrogen-bond acceptors (Lipinski definition) is 5. The number of esters is 1. The van der Waals surface area contributed by atoms with Gasteiger partial charge in [0.1, 0.15) is 6.04 Å². The van der Waals surface area contributed by atoms with E-state index >= 15 is 0 Å². The largest absolute Gasteiger partial charge is 0.459 e. The molecule has 2 N–H and O–H groups in total. The average Bonchev–Trinajstić information content (AvgIpc) is 3.16. The molecule has 2 atom stereocenters. The summed E-state index contributed by atoms with van der Waals surface area (Å²) in [5.41, 5.74) is 2.58. The molecule has 7 heteroatoms. The number of aryl methyl sites for hydroxylation is 2. The van der Waals surface area contributed by atoms with Gasteiger partial charge in [-0.25, -0.2) is 4.79 Å². The van der Waals surface area contributed by atoms with Crippen molar-refractivity contribution in [2.45, 2.75) is 46.8 Å². The fraction of sp³-hybridized carbons (Fsp3) is 0.381. The van der Waals surface area contributed by atoms with Crippen LogP contribution in [-0.2, 0) is 14.3 Å². The third kappa shape index (κ3) is 5.45. The number of hydrogen-bond donors (Lipinski definition) is 2. The van der Waals surface area contributed by atoms with E-state index in [-0.39, 0.29) is 11.7 Å². The molecule has 7 nitrogen and oxygen atoms in total. The number of carbonyl (C=O) groups is 3. The van der Waals surface area contributed by atoms with E-state index in [1.807, 2.05) is 32.0 Å². The zero-order valence-corrected chi connectivity index (χ0v) is 16.7. The normalized spacial score (nSPS) is 12.9. The molecule has 1 aromatic carbocycles. The highest BCUT2D eigenvalue weighted by Gasteiger charge is 2.30. The monoisotopic (exact) mass is 386 g/mol. The number of rotatable bonds is 7. The van der Waals surface area contributed by atoms with E-state index in [1.165, 1.54) is 19.3 Å². The average molecular weight is 386 g/mol. The summed E-state index contributed by atoms with van der Waals surface area (Å²) < 4.78 is 10.3. The molecule has 1 aromatic heterocycles. The molecule has 0 aliphatic rings. The molecule has 150 valence electrons. The Kier molecular flexibility index (Phi) is 6.98. The molecule has 2 aromatic rings. The zero-order valence-electron chi connectivity index (χ0n) is 16.7. The summed E-state index contributed by atoms with van der Waals surface area (Å²) in [6.45, 7) is 8.84. The van der Waals surface area contributed by atoms with Crippen LogP contribution in [0.15, 0.2) is 41.0 Å². The van der Waals surface area contributed by atoms with Gasteiger partial charge in [-0.3, -0.25) is 9.59 Å². The van der Waals surface area contributed by atoms with Crippen molar-refractivity contribution in [2.24, 2.45) is 5.92 Å². The Bertz CT molecular complexity index is 842. The van der Waals surface area contributed by atoms with Crippen LogP contribution in [0.4, 0.5) is 5.69 Å². The van der Waals surface area contributed by atoms with Crippen LogP contribution < -0.4 is 10.6 Å². The van der Waals surface area contributed by atoms with E-state index in [0.29, 0.717) is 5.69 Å². The third-order valence-corrected chi connectivity index (χ3v) is 4.27. The van der Waals surface area contributed by atoms with Gasteiger partial charge in [0.2, 0.25) is 0 Å². The molecule has 0 aliphatic heterocycles. The van der Waals surface area contributed by atoms with Crippen molar-refractivity contribution < 1.29 is 23.5 Å². The summed E-state index contributed by atoms with van der Waals surface area (Å²) >= 11 is 0. The quantitative estimate of drug-likeness (QED) is 0.712. The third-order valence-electron chi connectivity index (χ3n) is 4.27. The van der Waals surface area contributed by atoms with Gasteiger partial charge in [0.05, 0.1) is 6.26 Å². The van der Waals surface area contributed by atoms with Gasteiger partial charge in [0.25, 0.3) is 11.8 Å². The van der Waals surface area contributed by atoms with Gasteiger partial charge in [-0.1, -0.05) is 26.0 Å². The SMILES string of the molecule is Cc1ccc(C)c(NC(=O)[C@@H](C)OC(=O)[C@@H](NC(=O)c2ccco2)C(C)C)c1. The Morgan fingerprint density at radius 3 is 2.39 bits per heavy atom. The second-order valence-electron chi connectivity index (χ2n) is 7.06. The fourth-order valence-electron chi connectivity index (χ4n) is 2.52. The summed E-state index contributed by atoms with van der Waals surface area (Å²) in [5.74, 6) is -1.78. The second kappa shape index (κ2) is 9.21. The first-order chi connectivity index (χ1) is 13.2. The number of benzene rings is 1. The van der Waals surface area contributed by atoms with Crippen LogP contribution in [0, 0.1) is 19.8 Å². The topological polar surface area (TPSA) is 97.6 Å². The van der Waals surface area contributed by atoms with Gasteiger partial charge >= 0.3 is 5.97 Å². The maximum absolute atomic E-state index is 12.5. The molecular formula is C21H26N2O5. The van der Waals surface area contributed by atoms with E-state index in [2.05, 4.69) is 10.6 Å². The van der Waals surface area contributed by atoms with Gasteiger partial charge in [0.15, 0.2) is 11.9 Å². The van der Waals surface area contributed by atoms with Crippen molar-refractivity contribution in [1.82, 2.24) is 5.32 Å². The predicted octanol–water partition coefficient (Wildman–Crippen LogP) is 3.22.